The minimum Gasteiger partial charge on any atom is -0.372 e. The van der Waals surface area contributed by atoms with E-state index in [1.807, 2.05) is 24.3 Å². The molecule has 0 bridgehead atoms. The first kappa shape index (κ1) is 12.2. The maximum absolute atomic E-state index is 11.4. The van der Waals surface area contributed by atoms with Gasteiger partial charge in [-0.1, -0.05) is 0 Å². The topological polar surface area (TPSA) is 40.6 Å². The molecule has 1 aromatic carbocycles. The summed E-state index contributed by atoms with van der Waals surface area (Å²) in [6.07, 6.45) is 3.69. The molecule has 17 heavy (non-hydrogen) atoms. The molecular formula is C12H18N2O2S. The summed E-state index contributed by atoms with van der Waals surface area (Å²) < 4.78 is 24.1. The highest BCUT2D eigenvalue weighted by Crippen LogP contribution is 2.24. The van der Waals surface area contributed by atoms with E-state index in [0.29, 0.717) is 5.69 Å². The number of nitrogens with zero attached hydrogens (tertiary/aromatic N) is 2. The van der Waals surface area contributed by atoms with Crippen molar-refractivity contribution in [3.05, 3.63) is 24.3 Å². The SMILES string of the molecule is CN(c1ccc(N2CCCC2)cc1)S(C)(=O)=O. The van der Waals surface area contributed by atoms with E-state index in [4.69, 9.17) is 0 Å². The van der Waals surface area contributed by atoms with Crippen LogP contribution in [0.3, 0.4) is 0 Å². The van der Waals surface area contributed by atoms with Crippen molar-refractivity contribution in [2.45, 2.75) is 12.8 Å². The van der Waals surface area contributed by atoms with Crippen molar-refractivity contribution in [3.8, 4) is 0 Å². The molecule has 1 aliphatic rings. The first-order chi connectivity index (χ1) is 7.98. The van der Waals surface area contributed by atoms with Gasteiger partial charge in [0.2, 0.25) is 10.0 Å². The summed E-state index contributed by atoms with van der Waals surface area (Å²) in [7, 11) is -1.60. The highest BCUT2D eigenvalue weighted by Gasteiger charge is 2.14. The molecule has 1 fully saturated rings. The first-order valence-electron chi connectivity index (χ1n) is 5.77. The number of sulfonamides is 1. The average molecular weight is 254 g/mol. The lowest BCUT2D eigenvalue weighted by atomic mass is 10.2. The summed E-state index contributed by atoms with van der Waals surface area (Å²) in [5.74, 6) is 0. The highest BCUT2D eigenvalue weighted by atomic mass is 32.2. The third-order valence-corrected chi connectivity index (χ3v) is 4.39. The van der Waals surface area contributed by atoms with Crippen LogP contribution in [-0.2, 0) is 10.0 Å². The zero-order valence-electron chi connectivity index (χ0n) is 10.3. The van der Waals surface area contributed by atoms with E-state index < -0.39 is 10.0 Å². The average Bonchev–Trinajstić information content (AvgIpc) is 2.80. The van der Waals surface area contributed by atoms with Gasteiger partial charge in [-0.05, 0) is 37.1 Å². The van der Waals surface area contributed by atoms with Crippen LogP contribution in [0, 0.1) is 0 Å². The van der Waals surface area contributed by atoms with E-state index in [1.54, 1.807) is 7.05 Å². The van der Waals surface area contributed by atoms with Gasteiger partial charge in [-0.2, -0.15) is 0 Å². The van der Waals surface area contributed by atoms with Crippen molar-refractivity contribution in [1.29, 1.82) is 0 Å². The monoisotopic (exact) mass is 254 g/mol. The van der Waals surface area contributed by atoms with Crippen molar-refractivity contribution >= 4 is 21.4 Å². The van der Waals surface area contributed by atoms with Crippen molar-refractivity contribution in [1.82, 2.24) is 0 Å². The Kier molecular flexibility index (Phi) is 3.28. The van der Waals surface area contributed by atoms with Crippen LogP contribution < -0.4 is 9.21 Å². The molecule has 0 atom stereocenters. The summed E-state index contributed by atoms with van der Waals surface area (Å²) >= 11 is 0. The van der Waals surface area contributed by atoms with Gasteiger partial charge in [-0.25, -0.2) is 8.42 Å². The standard InChI is InChI=1S/C12H18N2O2S/c1-13(17(2,15)16)11-5-7-12(8-6-11)14-9-3-4-10-14/h5-8H,3-4,9-10H2,1-2H3. The Bertz CT molecular complexity index is 476. The lowest BCUT2D eigenvalue weighted by Crippen LogP contribution is -2.25. The molecule has 0 N–H and O–H groups in total. The van der Waals surface area contributed by atoms with Gasteiger partial charge in [-0.15, -0.1) is 0 Å². The normalized spacial score (nSPS) is 16.2. The summed E-state index contributed by atoms with van der Waals surface area (Å²) in [4.78, 5) is 2.32. The molecule has 94 valence electrons. The molecule has 1 heterocycles. The molecule has 2 rings (SSSR count). The number of hydrogen-bond donors (Lipinski definition) is 0. The maximum atomic E-state index is 11.4. The predicted molar refractivity (Wildman–Crippen MR) is 71.1 cm³/mol. The van der Waals surface area contributed by atoms with Crippen molar-refractivity contribution in [2.24, 2.45) is 0 Å². The van der Waals surface area contributed by atoms with Crippen LogP contribution in [-0.4, -0.2) is 34.8 Å². The van der Waals surface area contributed by atoms with Gasteiger partial charge in [0, 0.05) is 25.8 Å². The molecular weight excluding hydrogens is 236 g/mol. The summed E-state index contributed by atoms with van der Waals surface area (Å²) in [6, 6.07) is 7.69. The quantitative estimate of drug-likeness (QED) is 0.824. The molecule has 0 spiro atoms. The second-order valence-electron chi connectivity index (χ2n) is 4.44. The van der Waals surface area contributed by atoms with Crippen LogP contribution in [0.25, 0.3) is 0 Å². The molecule has 0 radical (unpaired) electrons. The smallest absolute Gasteiger partial charge is 0.231 e. The molecule has 1 aromatic rings. The van der Waals surface area contributed by atoms with E-state index in [9.17, 15) is 8.42 Å². The second kappa shape index (κ2) is 4.56. The maximum Gasteiger partial charge on any atom is 0.231 e. The van der Waals surface area contributed by atoms with E-state index in [2.05, 4.69) is 4.90 Å². The number of hydrogen-bond acceptors (Lipinski definition) is 3. The van der Waals surface area contributed by atoms with Crippen LogP contribution in [0.5, 0.6) is 0 Å². The first-order valence-corrected chi connectivity index (χ1v) is 7.62. The van der Waals surface area contributed by atoms with E-state index >= 15 is 0 Å². The number of rotatable bonds is 3. The van der Waals surface area contributed by atoms with Crippen molar-refractivity contribution in [2.75, 3.05) is 35.6 Å². The fraction of sp³-hybridized carbons (Fsp3) is 0.500. The van der Waals surface area contributed by atoms with Gasteiger partial charge in [-0.3, -0.25) is 4.31 Å². The van der Waals surface area contributed by atoms with Gasteiger partial charge in [0.05, 0.1) is 11.9 Å². The van der Waals surface area contributed by atoms with Crippen LogP contribution in [0.2, 0.25) is 0 Å². The van der Waals surface area contributed by atoms with Crippen molar-refractivity contribution in [3.63, 3.8) is 0 Å². The highest BCUT2D eigenvalue weighted by molar-refractivity contribution is 7.92. The molecule has 5 heteroatoms. The Morgan fingerprint density at radius 1 is 1.12 bits per heavy atom. The van der Waals surface area contributed by atoms with Crippen LogP contribution in [0.1, 0.15) is 12.8 Å². The van der Waals surface area contributed by atoms with Gasteiger partial charge in [0.25, 0.3) is 0 Å². The fourth-order valence-electron chi connectivity index (χ4n) is 2.04. The number of benzene rings is 1. The molecule has 1 saturated heterocycles. The largest absolute Gasteiger partial charge is 0.372 e. The Morgan fingerprint density at radius 2 is 1.65 bits per heavy atom. The van der Waals surface area contributed by atoms with E-state index in [-0.39, 0.29) is 0 Å². The Morgan fingerprint density at radius 3 is 2.12 bits per heavy atom. The minimum absolute atomic E-state index is 0.704. The zero-order chi connectivity index (χ0) is 12.5. The molecule has 1 aliphatic heterocycles. The molecule has 0 unspecified atom stereocenters. The molecule has 0 amide bonds. The van der Waals surface area contributed by atoms with E-state index in [0.717, 1.165) is 13.1 Å². The Balaban J connectivity index is 2.18. The lowest BCUT2D eigenvalue weighted by molar-refractivity contribution is 0.600. The van der Waals surface area contributed by atoms with Gasteiger partial charge in [0.15, 0.2) is 0 Å². The minimum atomic E-state index is -3.17. The predicted octanol–water partition coefficient (Wildman–Crippen LogP) is 1.68. The van der Waals surface area contributed by atoms with E-state index in [1.165, 1.54) is 29.1 Å². The van der Waals surface area contributed by atoms with Crippen LogP contribution >= 0.6 is 0 Å². The molecule has 0 aliphatic carbocycles. The second-order valence-corrected chi connectivity index (χ2v) is 6.45. The summed E-state index contributed by atoms with van der Waals surface area (Å²) in [6.45, 7) is 2.20. The molecule has 0 saturated carbocycles. The number of anilines is 2. The Labute approximate surface area is 103 Å². The van der Waals surface area contributed by atoms with Crippen LogP contribution in [0.4, 0.5) is 11.4 Å². The third-order valence-electron chi connectivity index (χ3n) is 3.18. The molecule has 4 nitrogen and oxygen atoms in total. The fourth-order valence-corrected chi connectivity index (χ4v) is 2.54. The van der Waals surface area contributed by atoms with Gasteiger partial charge < -0.3 is 4.90 Å². The molecule has 0 aromatic heterocycles. The lowest BCUT2D eigenvalue weighted by Gasteiger charge is -2.20. The summed E-state index contributed by atoms with van der Waals surface area (Å²) in [5, 5.41) is 0. The zero-order valence-corrected chi connectivity index (χ0v) is 11.1. The van der Waals surface area contributed by atoms with Gasteiger partial charge in [0.1, 0.15) is 0 Å². The van der Waals surface area contributed by atoms with Crippen molar-refractivity contribution < 1.29 is 8.42 Å². The van der Waals surface area contributed by atoms with Gasteiger partial charge >= 0.3 is 0 Å². The Hall–Kier alpha value is -1.23. The van der Waals surface area contributed by atoms with Crippen LogP contribution in [0.15, 0.2) is 24.3 Å². The summed E-state index contributed by atoms with van der Waals surface area (Å²) in [5.41, 5.74) is 1.88. The third kappa shape index (κ3) is 2.72.